The molecule has 0 atom stereocenters. The molecule has 82 valence electrons. The van der Waals surface area contributed by atoms with Crippen LogP contribution >= 0.6 is 0 Å². The number of carbonyl (C=O) groups is 1. The number of ether oxygens (including phenoxy) is 1. The van der Waals surface area contributed by atoms with Gasteiger partial charge in [0.2, 0.25) is 0 Å². The first-order valence-electron chi connectivity index (χ1n) is 4.64. The van der Waals surface area contributed by atoms with Crippen LogP contribution in [0.5, 0.6) is 0 Å². The summed E-state index contributed by atoms with van der Waals surface area (Å²) in [5.41, 5.74) is 9.32. The Bertz CT molecular complexity index is 448. The van der Waals surface area contributed by atoms with Crippen molar-refractivity contribution < 1.29 is 9.53 Å². The maximum atomic E-state index is 11.4. The van der Waals surface area contributed by atoms with E-state index in [0.29, 0.717) is 5.56 Å². The molecular weight excluding hydrogens is 206 g/mol. The molecule has 0 saturated carbocycles. The van der Waals surface area contributed by atoms with Gasteiger partial charge in [-0.05, 0) is 17.2 Å². The molecule has 0 fully saturated rings. The third-order valence-electron chi connectivity index (χ3n) is 1.91. The number of hydrogen-bond donors (Lipinski definition) is 0. The van der Waals surface area contributed by atoms with Crippen LogP contribution in [0.4, 0.5) is 0 Å². The number of hydrogen-bond acceptors (Lipinski definition) is 3. The van der Waals surface area contributed by atoms with Gasteiger partial charge >= 0.3 is 5.97 Å². The lowest BCUT2D eigenvalue weighted by atomic mass is 10.1. The molecule has 1 rings (SSSR count). The number of nitrogens with zero attached hydrogens (tertiary/aromatic N) is 3. The predicted octanol–water partition coefficient (Wildman–Crippen LogP) is 2.80. The zero-order valence-electron chi connectivity index (χ0n) is 8.83. The lowest BCUT2D eigenvalue weighted by molar-refractivity contribution is 0.0600. The van der Waals surface area contributed by atoms with E-state index in [0.717, 1.165) is 5.56 Å². The van der Waals surface area contributed by atoms with Crippen molar-refractivity contribution in [2.45, 2.75) is 0 Å². The topological polar surface area (TPSA) is 75.1 Å². The van der Waals surface area contributed by atoms with Gasteiger partial charge in [-0.15, -0.1) is 0 Å². The summed E-state index contributed by atoms with van der Waals surface area (Å²) in [7, 11) is 1.34. The molecule has 0 aromatic heterocycles. The zero-order chi connectivity index (χ0) is 11.8. The molecule has 0 unspecified atom stereocenters. The van der Waals surface area contributed by atoms with Crippen molar-refractivity contribution in [3.63, 3.8) is 0 Å². The fraction of sp³-hybridized carbons (Fsp3) is 0.182. The average Bonchev–Trinajstić information content (AvgIpc) is 2.34. The SMILES string of the molecule is COC(=O)c1ccccc1C=CCN=[N+]=[N-]. The Morgan fingerprint density at radius 3 is 3.00 bits per heavy atom. The lowest BCUT2D eigenvalue weighted by Gasteiger charge is -2.02. The van der Waals surface area contributed by atoms with Gasteiger partial charge in [-0.25, -0.2) is 4.79 Å². The maximum absolute atomic E-state index is 11.4. The van der Waals surface area contributed by atoms with Gasteiger partial charge in [-0.3, -0.25) is 0 Å². The van der Waals surface area contributed by atoms with Crippen LogP contribution in [0.25, 0.3) is 16.5 Å². The van der Waals surface area contributed by atoms with Crippen molar-refractivity contribution in [3.8, 4) is 0 Å². The van der Waals surface area contributed by atoms with Gasteiger partial charge in [0.05, 0.1) is 12.7 Å². The highest BCUT2D eigenvalue weighted by molar-refractivity contribution is 5.93. The van der Waals surface area contributed by atoms with E-state index in [1.165, 1.54) is 7.11 Å². The normalized spacial score (nSPS) is 9.81. The molecule has 5 heteroatoms. The highest BCUT2D eigenvalue weighted by atomic mass is 16.5. The van der Waals surface area contributed by atoms with Crippen molar-refractivity contribution in [1.82, 2.24) is 0 Å². The first-order valence-corrected chi connectivity index (χ1v) is 4.64. The molecule has 5 nitrogen and oxygen atoms in total. The molecule has 16 heavy (non-hydrogen) atoms. The number of benzene rings is 1. The number of methoxy groups -OCH3 is 1. The van der Waals surface area contributed by atoms with Gasteiger partial charge in [0.1, 0.15) is 0 Å². The summed E-state index contributed by atoms with van der Waals surface area (Å²) in [5, 5.41) is 3.36. The zero-order valence-corrected chi connectivity index (χ0v) is 8.83. The predicted molar refractivity (Wildman–Crippen MR) is 60.8 cm³/mol. The molecular formula is C11H11N3O2. The first-order chi connectivity index (χ1) is 7.79. The third kappa shape index (κ3) is 3.15. The second kappa shape index (κ2) is 6.27. The number of azide groups is 1. The molecule has 0 saturated heterocycles. The van der Waals surface area contributed by atoms with E-state index in [1.54, 1.807) is 30.4 Å². The molecule has 0 amide bonds. The van der Waals surface area contributed by atoms with Crippen LogP contribution in [0.3, 0.4) is 0 Å². The number of rotatable bonds is 4. The van der Waals surface area contributed by atoms with Crippen LogP contribution in [0.2, 0.25) is 0 Å². The van der Waals surface area contributed by atoms with Gasteiger partial charge < -0.3 is 4.74 Å². The summed E-state index contributed by atoms with van der Waals surface area (Å²) in [6, 6.07) is 7.05. The van der Waals surface area contributed by atoms with Gasteiger partial charge in [0.15, 0.2) is 0 Å². The van der Waals surface area contributed by atoms with Crippen LogP contribution in [0.1, 0.15) is 15.9 Å². The first kappa shape index (κ1) is 11.8. The minimum Gasteiger partial charge on any atom is -0.465 e. The molecule has 0 aliphatic heterocycles. The fourth-order valence-corrected chi connectivity index (χ4v) is 1.20. The third-order valence-corrected chi connectivity index (χ3v) is 1.91. The molecule has 0 bridgehead atoms. The Labute approximate surface area is 93.0 Å². The van der Waals surface area contributed by atoms with Crippen molar-refractivity contribution in [1.29, 1.82) is 0 Å². The summed E-state index contributed by atoms with van der Waals surface area (Å²) >= 11 is 0. The van der Waals surface area contributed by atoms with E-state index in [2.05, 4.69) is 14.8 Å². The minimum atomic E-state index is -0.385. The summed E-state index contributed by atoms with van der Waals surface area (Å²) in [5.74, 6) is -0.385. The molecule has 1 aromatic rings. The monoisotopic (exact) mass is 217 g/mol. The van der Waals surface area contributed by atoms with Gasteiger partial charge in [0, 0.05) is 11.5 Å². The standard InChI is InChI=1S/C11H11N3O2/c1-16-11(15)10-7-3-2-5-9(10)6-4-8-13-14-12/h2-7H,8H2,1H3. The van der Waals surface area contributed by atoms with Gasteiger partial charge in [-0.1, -0.05) is 35.5 Å². The van der Waals surface area contributed by atoms with Crippen LogP contribution in [0, 0.1) is 0 Å². The van der Waals surface area contributed by atoms with Gasteiger partial charge in [-0.2, -0.15) is 0 Å². The summed E-state index contributed by atoms with van der Waals surface area (Å²) < 4.78 is 4.65. The second-order valence-corrected chi connectivity index (χ2v) is 2.89. The van der Waals surface area contributed by atoms with E-state index >= 15 is 0 Å². The largest absolute Gasteiger partial charge is 0.465 e. The van der Waals surface area contributed by atoms with E-state index in [-0.39, 0.29) is 12.5 Å². The van der Waals surface area contributed by atoms with E-state index in [4.69, 9.17) is 5.53 Å². The van der Waals surface area contributed by atoms with Crippen LogP contribution in [0.15, 0.2) is 35.5 Å². The molecule has 0 N–H and O–H groups in total. The summed E-state index contributed by atoms with van der Waals surface area (Å²) in [6.45, 7) is 0.256. The Morgan fingerprint density at radius 2 is 2.31 bits per heavy atom. The molecule has 1 aromatic carbocycles. The number of esters is 1. The average molecular weight is 217 g/mol. The van der Waals surface area contributed by atoms with Crippen molar-refractivity contribution in [2.75, 3.05) is 13.7 Å². The summed E-state index contributed by atoms with van der Waals surface area (Å²) in [6.07, 6.45) is 3.41. The quantitative estimate of drug-likeness (QED) is 0.336. The highest BCUT2D eigenvalue weighted by Crippen LogP contribution is 2.11. The van der Waals surface area contributed by atoms with Crippen molar-refractivity contribution in [2.24, 2.45) is 5.11 Å². The van der Waals surface area contributed by atoms with Crippen molar-refractivity contribution >= 4 is 12.0 Å². The van der Waals surface area contributed by atoms with Crippen LogP contribution < -0.4 is 0 Å². The molecule has 0 radical (unpaired) electrons. The molecule has 0 spiro atoms. The Hall–Kier alpha value is -2.26. The second-order valence-electron chi connectivity index (χ2n) is 2.89. The van der Waals surface area contributed by atoms with Crippen molar-refractivity contribution in [3.05, 3.63) is 51.9 Å². The Kier molecular flexibility index (Phi) is 4.63. The molecule has 0 aliphatic rings. The molecule has 0 heterocycles. The smallest absolute Gasteiger partial charge is 0.338 e. The number of carbonyl (C=O) groups excluding carboxylic acids is 1. The lowest BCUT2D eigenvalue weighted by Crippen LogP contribution is -2.03. The summed E-state index contributed by atoms with van der Waals surface area (Å²) in [4.78, 5) is 14.0. The van der Waals surface area contributed by atoms with E-state index in [9.17, 15) is 4.79 Å². The van der Waals surface area contributed by atoms with Crippen LogP contribution in [-0.2, 0) is 4.74 Å². The minimum absolute atomic E-state index is 0.256. The van der Waals surface area contributed by atoms with Crippen LogP contribution in [-0.4, -0.2) is 19.6 Å². The maximum Gasteiger partial charge on any atom is 0.338 e. The highest BCUT2D eigenvalue weighted by Gasteiger charge is 2.07. The molecule has 0 aliphatic carbocycles. The Morgan fingerprint density at radius 1 is 1.56 bits per heavy atom. The van der Waals surface area contributed by atoms with E-state index < -0.39 is 0 Å². The van der Waals surface area contributed by atoms with E-state index in [1.807, 2.05) is 6.07 Å². The van der Waals surface area contributed by atoms with Gasteiger partial charge in [0.25, 0.3) is 0 Å². The fourth-order valence-electron chi connectivity index (χ4n) is 1.20. The Balaban J connectivity index is 2.90.